The van der Waals surface area contributed by atoms with Crippen molar-refractivity contribution in [1.29, 1.82) is 0 Å². The van der Waals surface area contributed by atoms with E-state index < -0.39 is 10.0 Å². The molecule has 2 N–H and O–H groups in total. The molecule has 2 rings (SSSR count). The monoisotopic (exact) mass is 325 g/mol. The van der Waals surface area contributed by atoms with Gasteiger partial charge in [-0.1, -0.05) is 12.1 Å². The molecule has 114 valence electrons. The average Bonchev–Trinajstić information content (AvgIpc) is 2.90. The second-order valence-electron chi connectivity index (χ2n) is 4.75. The molecular weight excluding hydrogens is 306 g/mol. The van der Waals surface area contributed by atoms with Crippen molar-refractivity contribution in [3.8, 4) is 0 Å². The summed E-state index contributed by atoms with van der Waals surface area (Å²) in [6.45, 7) is 4.14. The number of aromatic nitrogens is 1. The van der Waals surface area contributed by atoms with Gasteiger partial charge in [0.25, 0.3) is 0 Å². The predicted octanol–water partition coefficient (Wildman–Crippen LogP) is 2.21. The van der Waals surface area contributed by atoms with E-state index in [0.717, 1.165) is 15.4 Å². The Morgan fingerprint density at radius 2 is 2.14 bits per heavy atom. The molecule has 0 amide bonds. The highest BCUT2D eigenvalue weighted by Gasteiger charge is 2.15. The first-order chi connectivity index (χ1) is 9.92. The third-order valence-electron chi connectivity index (χ3n) is 3.21. The summed E-state index contributed by atoms with van der Waals surface area (Å²) in [5.74, 6) is 0. The van der Waals surface area contributed by atoms with Crippen molar-refractivity contribution in [3.63, 3.8) is 0 Å². The smallest absolute Gasteiger partial charge is 0.240 e. The maximum Gasteiger partial charge on any atom is 0.240 e. The molecule has 0 spiro atoms. The first kappa shape index (κ1) is 16.1. The molecule has 2 aromatic rings. The van der Waals surface area contributed by atoms with E-state index in [1.807, 2.05) is 27.0 Å². The normalized spacial score (nSPS) is 13.3. The Morgan fingerprint density at radius 1 is 1.38 bits per heavy atom. The summed E-state index contributed by atoms with van der Waals surface area (Å²) in [6.07, 6.45) is 1.70. The van der Waals surface area contributed by atoms with Crippen LogP contribution in [0.25, 0.3) is 0 Å². The van der Waals surface area contributed by atoms with Crippen LogP contribution in [0.15, 0.2) is 35.4 Å². The highest BCUT2D eigenvalue weighted by Crippen LogP contribution is 2.18. The van der Waals surface area contributed by atoms with E-state index in [0.29, 0.717) is 0 Å². The van der Waals surface area contributed by atoms with Crippen LogP contribution in [0.3, 0.4) is 0 Å². The van der Waals surface area contributed by atoms with Crippen LogP contribution in [0.5, 0.6) is 0 Å². The predicted molar refractivity (Wildman–Crippen MR) is 84.8 cm³/mol. The van der Waals surface area contributed by atoms with Crippen molar-refractivity contribution in [2.45, 2.75) is 31.3 Å². The molecule has 0 aliphatic rings. The first-order valence-electron chi connectivity index (χ1n) is 6.60. The fourth-order valence-corrected chi connectivity index (χ4v) is 3.74. The molecule has 0 saturated carbocycles. The Labute approximate surface area is 129 Å². The second kappa shape index (κ2) is 6.65. The summed E-state index contributed by atoms with van der Waals surface area (Å²) >= 11 is 1.49. The summed E-state index contributed by atoms with van der Waals surface area (Å²) in [7, 11) is -1.67. The van der Waals surface area contributed by atoms with Gasteiger partial charge in [-0.05, 0) is 38.6 Å². The number of aryl methyl sites for hydroxylation is 1. The number of nitrogens with zero attached hydrogens (tertiary/aromatic N) is 1. The number of rotatable bonds is 6. The van der Waals surface area contributed by atoms with E-state index in [1.165, 1.54) is 11.3 Å². The third kappa shape index (κ3) is 4.10. The van der Waals surface area contributed by atoms with Crippen LogP contribution in [0, 0.1) is 6.92 Å². The number of thiazole rings is 1. The van der Waals surface area contributed by atoms with Crippen molar-refractivity contribution in [1.82, 2.24) is 15.0 Å². The molecular formula is C14H19N3O2S2. The molecule has 1 aromatic heterocycles. The third-order valence-corrected chi connectivity index (χ3v) is 5.52. The standard InChI is InChI=1S/C14H19N3O2S2/c1-10(15-3)12-5-4-6-14(7-12)21(18,19)17-9-13-8-16-11(2)20-13/h4-8,10,15,17H,9H2,1-3H3. The van der Waals surface area contributed by atoms with Crippen molar-refractivity contribution in [3.05, 3.63) is 45.9 Å². The zero-order valence-electron chi connectivity index (χ0n) is 12.3. The van der Waals surface area contributed by atoms with Crippen molar-refractivity contribution in [2.75, 3.05) is 7.05 Å². The van der Waals surface area contributed by atoms with E-state index in [-0.39, 0.29) is 17.5 Å². The Kier molecular flexibility index (Phi) is 5.10. The number of sulfonamides is 1. The van der Waals surface area contributed by atoms with E-state index in [1.54, 1.807) is 24.4 Å². The molecule has 1 unspecified atom stereocenters. The molecule has 1 aromatic carbocycles. The van der Waals surface area contributed by atoms with Crippen molar-refractivity contribution >= 4 is 21.4 Å². The zero-order valence-corrected chi connectivity index (χ0v) is 13.9. The molecule has 0 radical (unpaired) electrons. The van der Waals surface area contributed by atoms with Crippen LogP contribution >= 0.6 is 11.3 Å². The lowest BCUT2D eigenvalue weighted by Gasteiger charge is -2.12. The Balaban J connectivity index is 2.15. The fourth-order valence-electron chi connectivity index (χ4n) is 1.85. The van der Waals surface area contributed by atoms with Crippen LogP contribution in [-0.4, -0.2) is 20.4 Å². The molecule has 21 heavy (non-hydrogen) atoms. The van der Waals surface area contributed by atoms with Gasteiger partial charge in [-0.2, -0.15) is 0 Å². The lowest BCUT2D eigenvalue weighted by molar-refractivity contribution is 0.581. The van der Waals surface area contributed by atoms with Crippen molar-refractivity contribution < 1.29 is 8.42 Å². The van der Waals surface area contributed by atoms with Crippen LogP contribution in [-0.2, 0) is 16.6 Å². The van der Waals surface area contributed by atoms with E-state index in [9.17, 15) is 8.42 Å². The molecule has 1 atom stereocenters. The van der Waals surface area contributed by atoms with Gasteiger partial charge in [0.15, 0.2) is 0 Å². The summed E-state index contributed by atoms with van der Waals surface area (Å²) in [5, 5.41) is 4.02. The first-order valence-corrected chi connectivity index (χ1v) is 8.90. The minimum atomic E-state index is -3.51. The lowest BCUT2D eigenvalue weighted by Crippen LogP contribution is -2.23. The van der Waals surface area contributed by atoms with Gasteiger partial charge >= 0.3 is 0 Å². The molecule has 1 heterocycles. The fraction of sp³-hybridized carbons (Fsp3) is 0.357. The molecule has 7 heteroatoms. The van der Waals surface area contributed by atoms with Crippen LogP contribution in [0.1, 0.15) is 28.4 Å². The van der Waals surface area contributed by atoms with Gasteiger partial charge < -0.3 is 5.32 Å². The summed E-state index contributed by atoms with van der Waals surface area (Å²) in [6, 6.07) is 7.07. The number of nitrogens with one attached hydrogen (secondary N) is 2. The minimum absolute atomic E-state index is 0.101. The summed E-state index contributed by atoms with van der Waals surface area (Å²) in [5.41, 5.74) is 0.939. The van der Waals surface area contributed by atoms with E-state index in [2.05, 4.69) is 15.0 Å². The minimum Gasteiger partial charge on any atom is -0.313 e. The Morgan fingerprint density at radius 3 is 2.76 bits per heavy atom. The van der Waals surface area contributed by atoms with Gasteiger partial charge in [-0.15, -0.1) is 11.3 Å². The van der Waals surface area contributed by atoms with Gasteiger partial charge in [-0.3, -0.25) is 0 Å². The Bertz CT molecular complexity index is 711. The van der Waals surface area contributed by atoms with Crippen LogP contribution < -0.4 is 10.0 Å². The van der Waals surface area contributed by atoms with Crippen LogP contribution in [0.2, 0.25) is 0 Å². The maximum absolute atomic E-state index is 12.3. The summed E-state index contributed by atoms with van der Waals surface area (Å²) in [4.78, 5) is 5.29. The molecule has 0 saturated heterocycles. The number of hydrogen-bond donors (Lipinski definition) is 2. The lowest BCUT2D eigenvalue weighted by atomic mass is 10.1. The van der Waals surface area contributed by atoms with Crippen LogP contribution in [0.4, 0.5) is 0 Å². The topological polar surface area (TPSA) is 71.1 Å². The molecule has 0 aliphatic carbocycles. The SMILES string of the molecule is CNC(C)c1cccc(S(=O)(=O)NCc2cnc(C)s2)c1. The number of hydrogen-bond acceptors (Lipinski definition) is 5. The highest BCUT2D eigenvalue weighted by molar-refractivity contribution is 7.89. The quantitative estimate of drug-likeness (QED) is 0.854. The molecule has 0 aliphatic heterocycles. The molecule has 5 nitrogen and oxygen atoms in total. The van der Waals surface area contributed by atoms with Gasteiger partial charge in [-0.25, -0.2) is 18.1 Å². The molecule has 0 bridgehead atoms. The maximum atomic E-state index is 12.3. The number of benzene rings is 1. The van der Waals surface area contributed by atoms with E-state index >= 15 is 0 Å². The van der Waals surface area contributed by atoms with Gasteiger partial charge in [0.1, 0.15) is 0 Å². The summed E-state index contributed by atoms with van der Waals surface area (Å²) < 4.78 is 27.3. The van der Waals surface area contributed by atoms with Gasteiger partial charge in [0, 0.05) is 23.7 Å². The highest BCUT2D eigenvalue weighted by atomic mass is 32.2. The average molecular weight is 325 g/mol. The van der Waals surface area contributed by atoms with Gasteiger partial charge in [0.2, 0.25) is 10.0 Å². The van der Waals surface area contributed by atoms with Gasteiger partial charge in [0.05, 0.1) is 9.90 Å². The Hall–Kier alpha value is -1.28. The zero-order chi connectivity index (χ0) is 15.5. The van der Waals surface area contributed by atoms with Crippen molar-refractivity contribution in [2.24, 2.45) is 0 Å². The second-order valence-corrected chi connectivity index (χ2v) is 7.84. The van der Waals surface area contributed by atoms with E-state index in [4.69, 9.17) is 0 Å². The molecule has 0 fully saturated rings. The largest absolute Gasteiger partial charge is 0.313 e.